The number of carbonyl (C=O) groups is 1. The standard InChI is InChI=1S/C29H26N6O.2C7H8O3S/c1-34-16-13-25(14-17-34)31-22-6-3-20(4-7-22)29(36)33-24-10-8-23(9-11-24)32-27-15-18-35(2)28-19-21(30)5-12-26(27)28;2*1-6-2-4-7(5-3-6)11(8,9)10/h3-19H,1-2H3,(H3,30,32,33,36);2*2-5H,1H3,(H,8,9,10). The van der Waals surface area contributed by atoms with E-state index in [2.05, 4.69) is 16.0 Å². The Hall–Kier alpha value is -6.65. The van der Waals surface area contributed by atoms with Crippen LogP contribution < -0.4 is 30.8 Å². The topological polar surface area (TPSA) is 201 Å². The van der Waals surface area contributed by atoms with Crippen LogP contribution in [0.4, 0.5) is 34.1 Å². The number of aromatic nitrogens is 2. The number of benzene rings is 5. The van der Waals surface area contributed by atoms with Gasteiger partial charge in [-0.2, -0.15) is 0 Å². The van der Waals surface area contributed by atoms with Crippen molar-refractivity contribution in [2.75, 3.05) is 21.7 Å². The molecule has 0 aliphatic rings. The summed E-state index contributed by atoms with van der Waals surface area (Å²) >= 11 is 0. The molecular formula is C43H42N6O7S2. The van der Waals surface area contributed by atoms with Crippen LogP contribution in [0.5, 0.6) is 0 Å². The SMILES string of the molecule is C[n+]1ccc(Nc2ccc(C(=O)Nc3ccc(Nc4cc[n+](C)c5cc(N)ccc45)cc3)cc2)cc1.Cc1ccc(S(=O)(=O)[O-])cc1.Cc1ccc(S(=O)(=O)[O-])cc1. The summed E-state index contributed by atoms with van der Waals surface area (Å²) in [5.41, 5.74) is 14.7. The Morgan fingerprint density at radius 1 is 0.569 bits per heavy atom. The van der Waals surface area contributed by atoms with E-state index in [1.54, 1.807) is 24.3 Å². The number of aryl methyl sites for hydroxylation is 4. The molecular weight excluding hydrogens is 777 g/mol. The first kappa shape index (κ1) is 42.5. The van der Waals surface area contributed by atoms with E-state index in [-0.39, 0.29) is 15.7 Å². The van der Waals surface area contributed by atoms with Crippen LogP contribution >= 0.6 is 0 Å². The van der Waals surface area contributed by atoms with Gasteiger partial charge in [0, 0.05) is 52.6 Å². The van der Waals surface area contributed by atoms with Gasteiger partial charge in [0.25, 0.3) is 5.91 Å². The summed E-state index contributed by atoms with van der Waals surface area (Å²) in [4.78, 5) is 12.4. The number of nitrogens with two attached hydrogens (primary N) is 1. The van der Waals surface area contributed by atoms with Crippen molar-refractivity contribution in [2.24, 2.45) is 14.1 Å². The molecule has 7 rings (SSSR count). The van der Waals surface area contributed by atoms with E-state index in [1.165, 1.54) is 24.3 Å². The lowest BCUT2D eigenvalue weighted by atomic mass is 10.1. The molecule has 0 aliphatic heterocycles. The van der Waals surface area contributed by atoms with Gasteiger partial charge in [0.2, 0.25) is 5.52 Å². The minimum Gasteiger partial charge on any atom is -0.744 e. The van der Waals surface area contributed by atoms with Crippen molar-refractivity contribution in [3.05, 3.63) is 169 Å². The monoisotopic (exact) mass is 818 g/mol. The maximum Gasteiger partial charge on any atom is 0.255 e. The Labute approximate surface area is 338 Å². The predicted molar refractivity (Wildman–Crippen MR) is 223 cm³/mol. The molecule has 1 amide bonds. The second-order valence-corrected chi connectivity index (χ2v) is 16.0. The summed E-state index contributed by atoms with van der Waals surface area (Å²) in [6.07, 6.45) is 5.95. The zero-order valence-corrected chi connectivity index (χ0v) is 33.7. The summed E-state index contributed by atoms with van der Waals surface area (Å²) in [5, 5.41) is 10.8. The second-order valence-electron chi connectivity index (χ2n) is 13.3. The van der Waals surface area contributed by atoms with Gasteiger partial charge in [-0.3, -0.25) is 4.79 Å². The van der Waals surface area contributed by atoms with E-state index in [4.69, 9.17) is 5.73 Å². The molecule has 0 unspecified atom stereocenters. The van der Waals surface area contributed by atoms with Crippen LogP contribution in [0.15, 0.2) is 162 Å². The van der Waals surface area contributed by atoms with Crippen molar-refractivity contribution in [1.29, 1.82) is 0 Å². The van der Waals surface area contributed by atoms with Crippen molar-refractivity contribution in [3.8, 4) is 0 Å². The minimum atomic E-state index is -4.27. The van der Waals surface area contributed by atoms with E-state index in [9.17, 15) is 30.7 Å². The fourth-order valence-corrected chi connectivity index (χ4v) is 6.33. The highest BCUT2D eigenvalue weighted by Gasteiger charge is 2.11. The maximum absolute atomic E-state index is 12.7. The highest BCUT2D eigenvalue weighted by Crippen LogP contribution is 2.27. The molecule has 298 valence electrons. The number of anilines is 6. The Balaban J connectivity index is 0.000000236. The summed E-state index contributed by atoms with van der Waals surface area (Å²) in [6.45, 7) is 3.64. The van der Waals surface area contributed by atoms with Gasteiger partial charge in [0.1, 0.15) is 34.3 Å². The van der Waals surface area contributed by atoms with Gasteiger partial charge in [-0.25, -0.2) is 26.0 Å². The maximum atomic E-state index is 12.7. The molecule has 0 saturated heterocycles. The van der Waals surface area contributed by atoms with E-state index < -0.39 is 20.2 Å². The number of amides is 1. The van der Waals surface area contributed by atoms with Crippen LogP contribution in [0.2, 0.25) is 0 Å². The van der Waals surface area contributed by atoms with Gasteiger partial charge in [-0.15, -0.1) is 0 Å². The lowest BCUT2D eigenvalue weighted by molar-refractivity contribution is -0.671. The zero-order valence-electron chi connectivity index (χ0n) is 32.1. The smallest absolute Gasteiger partial charge is 0.255 e. The van der Waals surface area contributed by atoms with Crippen LogP contribution in [0.25, 0.3) is 10.9 Å². The number of pyridine rings is 2. The average molecular weight is 819 g/mol. The van der Waals surface area contributed by atoms with E-state index in [1.807, 2.05) is 141 Å². The molecule has 2 aromatic heterocycles. The quantitative estimate of drug-likeness (QED) is 0.0735. The molecule has 0 aliphatic carbocycles. The molecule has 15 heteroatoms. The molecule has 13 nitrogen and oxygen atoms in total. The highest BCUT2D eigenvalue weighted by molar-refractivity contribution is 7.86. The molecule has 7 aromatic rings. The van der Waals surface area contributed by atoms with Gasteiger partial charge in [-0.05, 0) is 98.8 Å². The molecule has 0 radical (unpaired) electrons. The third-order valence-electron chi connectivity index (χ3n) is 8.61. The van der Waals surface area contributed by atoms with Gasteiger partial charge in [0.15, 0.2) is 18.6 Å². The molecule has 58 heavy (non-hydrogen) atoms. The predicted octanol–water partition coefficient (Wildman–Crippen LogP) is 6.61. The fourth-order valence-electron chi connectivity index (χ4n) is 5.40. The van der Waals surface area contributed by atoms with Crippen LogP contribution in [-0.2, 0) is 34.3 Å². The van der Waals surface area contributed by atoms with Crippen LogP contribution in [0, 0.1) is 13.8 Å². The Morgan fingerprint density at radius 3 is 1.55 bits per heavy atom. The third-order valence-corrected chi connectivity index (χ3v) is 10.3. The van der Waals surface area contributed by atoms with Crippen molar-refractivity contribution >= 4 is 71.2 Å². The lowest BCUT2D eigenvalue weighted by Gasteiger charge is -2.11. The summed E-state index contributed by atoms with van der Waals surface area (Å²) in [6, 6.07) is 38.5. The highest BCUT2D eigenvalue weighted by atomic mass is 32.2. The van der Waals surface area contributed by atoms with Crippen LogP contribution in [0.1, 0.15) is 21.5 Å². The molecule has 2 heterocycles. The number of nitrogens with zero attached hydrogens (tertiary/aromatic N) is 2. The number of hydrogen-bond donors (Lipinski definition) is 4. The number of nitrogen functional groups attached to an aromatic ring is 1. The number of fused-ring (bicyclic) bond motifs is 1. The molecule has 0 saturated carbocycles. The lowest BCUT2D eigenvalue weighted by Crippen LogP contribution is -2.28. The first-order valence-corrected chi connectivity index (χ1v) is 20.5. The van der Waals surface area contributed by atoms with E-state index in [0.717, 1.165) is 56.2 Å². The van der Waals surface area contributed by atoms with Crippen LogP contribution in [-0.4, -0.2) is 31.8 Å². The van der Waals surface area contributed by atoms with Gasteiger partial charge < -0.3 is 30.8 Å². The van der Waals surface area contributed by atoms with E-state index >= 15 is 0 Å². The summed E-state index contributed by atoms with van der Waals surface area (Å²) < 4.78 is 66.3. The summed E-state index contributed by atoms with van der Waals surface area (Å²) in [7, 11) is -4.57. The molecule has 5 N–H and O–H groups in total. The van der Waals surface area contributed by atoms with Crippen LogP contribution in [0.3, 0.4) is 0 Å². The fraction of sp³-hybridized carbons (Fsp3) is 0.0930. The van der Waals surface area contributed by atoms with Crippen molar-refractivity contribution in [2.45, 2.75) is 23.6 Å². The Bertz CT molecular complexity index is 2660. The minimum absolute atomic E-state index is 0.159. The average Bonchev–Trinajstić information content (AvgIpc) is 3.18. The Kier molecular flexibility index (Phi) is 13.6. The normalized spacial score (nSPS) is 11.0. The molecule has 5 aromatic carbocycles. The van der Waals surface area contributed by atoms with Crippen molar-refractivity contribution < 1.29 is 39.9 Å². The molecule has 0 bridgehead atoms. The Morgan fingerprint density at radius 2 is 1.03 bits per heavy atom. The van der Waals surface area contributed by atoms with E-state index in [0.29, 0.717) is 5.56 Å². The molecule has 0 fully saturated rings. The number of nitrogens with one attached hydrogen (secondary N) is 3. The molecule has 0 spiro atoms. The zero-order chi connectivity index (χ0) is 42.0. The van der Waals surface area contributed by atoms with Crippen molar-refractivity contribution in [3.63, 3.8) is 0 Å². The second kappa shape index (κ2) is 18.5. The number of hydrogen-bond acceptors (Lipinski definition) is 10. The first-order chi connectivity index (χ1) is 27.4. The first-order valence-electron chi connectivity index (χ1n) is 17.7. The van der Waals surface area contributed by atoms with Crippen molar-refractivity contribution in [1.82, 2.24) is 0 Å². The van der Waals surface area contributed by atoms with Gasteiger partial charge >= 0.3 is 0 Å². The largest absolute Gasteiger partial charge is 0.744 e. The van der Waals surface area contributed by atoms with Gasteiger partial charge in [-0.1, -0.05) is 35.4 Å². The summed E-state index contributed by atoms with van der Waals surface area (Å²) in [5.74, 6) is -0.159. The van der Waals surface area contributed by atoms with Gasteiger partial charge in [0.05, 0.1) is 26.6 Å². The third kappa shape index (κ3) is 12.2. The number of rotatable bonds is 8. The molecule has 0 atom stereocenters. The number of carbonyl (C=O) groups excluding carboxylic acids is 1.